The van der Waals surface area contributed by atoms with Crippen molar-refractivity contribution in [3.63, 3.8) is 0 Å². The van der Waals surface area contributed by atoms with Crippen LogP contribution in [-0.4, -0.2) is 31.6 Å². The highest BCUT2D eigenvalue weighted by molar-refractivity contribution is 5.36. The lowest BCUT2D eigenvalue weighted by Gasteiger charge is -2.40. The van der Waals surface area contributed by atoms with Crippen LogP contribution in [0, 0.1) is 5.92 Å². The van der Waals surface area contributed by atoms with Gasteiger partial charge in [0.2, 0.25) is 0 Å². The summed E-state index contributed by atoms with van der Waals surface area (Å²) in [6.45, 7) is 5.81. The highest BCUT2D eigenvalue weighted by Crippen LogP contribution is 2.46. The van der Waals surface area contributed by atoms with Crippen molar-refractivity contribution in [3.05, 3.63) is 35.4 Å². The molecule has 1 aliphatic carbocycles. The summed E-state index contributed by atoms with van der Waals surface area (Å²) in [4.78, 5) is 2.60. The maximum atomic E-state index is 3.66. The van der Waals surface area contributed by atoms with Crippen LogP contribution in [0.4, 0.5) is 0 Å². The number of rotatable bonds is 6. The molecule has 2 atom stereocenters. The molecule has 2 unspecified atom stereocenters. The van der Waals surface area contributed by atoms with Gasteiger partial charge < -0.3 is 5.32 Å². The third-order valence-electron chi connectivity index (χ3n) is 5.17. The molecule has 1 aromatic carbocycles. The molecule has 116 valence electrons. The van der Waals surface area contributed by atoms with Crippen LogP contribution < -0.4 is 5.32 Å². The highest BCUT2D eigenvalue weighted by Gasteiger charge is 2.34. The van der Waals surface area contributed by atoms with Gasteiger partial charge in [-0.15, -0.1) is 0 Å². The van der Waals surface area contributed by atoms with Crippen molar-refractivity contribution in [2.45, 2.75) is 51.0 Å². The van der Waals surface area contributed by atoms with Gasteiger partial charge in [0.1, 0.15) is 0 Å². The van der Waals surface area contributed by atoms with E-state index in [0.717, 1.165) is 18.4 Å². The first-order valence-electron chi connectivity index (χ1n) is 8.81. The minimum absolute atomic E-state index is 0.611. The normalized spacial score (nSPS) is 27.0. The summed E-state index contributed by atoms with van der Waals surface area (Å²) in [6.07, 6.45) is 6.73. The fourth-order valence-electron chi connectivity index (χ4n) is 3.98. The Kier molecular flexibility index (Phi) is 4.97. The molecule has 1 saturated carbocycles. The topological polar surface area (TPSA) is 15.3 Å². The average Bonchev–Trinajstić information content (AvgIpc) is 3.32. The van der Waals surface area contributed by atoms with Gasteiger partial charge >= 0.3 is 0 Å². The molecule has 21 heavy (non-hydrogen) atoms. The second-order valence-electron chi connectivity index (χ2n) is 6.94. The number of likely N-dealkylation sites (tertiary alicyclic amines) is 1. The maximum Gasteiger partial charge on any atom is 0.0388 e. The molecule has 1 aliphatic heterocycles. The van der Waals surface area contributed by atoms with Crippen molar-refractivity contribution in [2.75, 3.05) is 26.7 Å². The van der Waals surface area contributed by atoms with Crippen LogP contribution in [0.15, 0.2) is 24.3 Å². The van der Waals surface area contributed by atoms with E-state index in [4.69, 9.17) is 0 Å². The van der Waals surface area contributed by atoms with E-state index in [1.807, 2.05) is 0 Å². The summed E-state index contributed by atoms with van der Waals surface area (Å²) in [5, 5.41) is 3.66. The highest BCUT2D eigenvalue weighted by atomic mass is 15.1. The van der Waals surface area contributed by atoms with Gasteiger partial charge in [-0.2, -0.15) is 0 Å². The van der Waals surface area contributed by atoms with E-state index < -0.39 is 0 Å². The first-order chi connectivity index (χ1) is 10.3. The lowest BCUT2D eigenvalue weighted by atomic mass is 9.82. The molecule has 2 nitrogen and oxygen atoms in total. The molecule has 0 radical (unpaired) electrons. The van der Waals surface area contributed by atoms with Crippen LogP contribution in [0.25, 0.3) is 0 Å². The lowest BCUT2D eigenvalue weighted by Crippen LogP contribution is -2.41. The third-order valence-corrected chi connectivity index (χ3v) is 5.17. The molecule has 3 rings (SSSR count). The summed E-state index contributed by atoms with van der Waals surface area (Å²) in [5.74, 6) is 1.61. The number of nitrogens with zero attached hydrogens (tertiary/aromatic N) is 1. The molecule has 0 amide bonds. The van der Waals surface area contributed by atoms with Crippen LogP contribution in [0.2, 0.25) is 0 Å². The van der Waals surface area contributed by atoms with Crippen LogP contribution >= 0.6 is 0 Å². The summed E-state index contributed by atoms with van der Waals surface area (Å²) < 4.78 is 0. The predicted octanol–water partition coefficient (Wildman–Crippen LogP) is 3.95. The number of piperidine rings is 1. The fourth-order valence-corrected chi connectivity index (χ4v) is 3.98. The molecule has 1 aromatic rings. The van der Waals surface area contributed by atoms with Crippen LogP contribution in [0.5, 0.6) is 0 Å². The van der Waals surface area contributed by atoms with E-state index >= 15 is 0 Å². The van der Waals surface area contributed by atoms with Crippen molar-refractivity contribution >= 4 is 0 Å². The van der Waals surface area contributed by atoms with Crippen molar-refractivity contribution in [1.82, 2.24) is 10.2 Å². The number of hydrogen-bond acceptors (Lipinski definition) is 2. The van der Waals surface area contributed by atoms with Crippen molar-refractivity contribution in [3.8, 4) is 0 Å². The van der Waals surface area contributed by atoms with Crippen molar-refractivity contribution < 1.29 is 0 Å². The standard InChI is InChI=1S/C19H30N2/c1-3-12-20-14-16-7-6-13-21(2)19(16)18-9-5-4-8-17(18)15-10-11-15/h4-5,8-9,15-16,19-20H,3,6-7,10-14H2,1-2H3. The SMILES string of the molecule is CCCNCC1CCCN(C)C1c1ccccc1C1CC1. The zero-order valence-electron chi connectivity index (χ0n) is 13.6. The van der Waals surface area contributed by atoms with Gasteiger partial charge in [-0.05, 0) is 81.7 Å². The first-order valence-corrected chi connectivity index (χ1v) is 8.81. The Morgan fingerprint density at radius 1 is 1.14 bits per heavy atom. The van der Waals surface area contributed by atoms with E-state index in [1.165, 1.54) is 45.2 Å². The zero-order chi connectivity index (χ0) is 14.7. The maximum absolute atomic E-state index is 3.66. The van der Waals surface area contributed by atoms with Gasteiger partial charge in [0.15, 0.2) is 0 Å². The molecule has 2 fully saturated rings. The molecule has 1 saturated heterocycles. The molecular formula is C19H30N2. The van der Waals surface area contributed by atoms with Crippen molar-refractivity contribution in [1.29, 1.82) is 0 Å². The van der Waals surface area contributed by atoms with E-state index in [9.17, 15) is 0 Å². The largest absolute Gasteiger partial charge is 0.316 e. The second-order valence-corrected chi connectivity index (χ2v) is 6.94. The minimum atomic E-state index is 0.611. The monoisotopic (exact) mass is 286 g/mol. The average molecular weight is 286 g/mol. The quantitative estimate of drug-likeness (QED) is 0.797. The molecule has 2 heteroatoms. The first kappa shape index (κ1) is 15.1. The Hall–Kier alpha value is -0.860. The Balaban J connectivity index is 1.81. The Morgan fingerprint density at radius 3 is 2.62 bits per heavy atom. The summed E-state index contributed by atoms with van der Waals surface area (Å²) in [5.41, 5.74) is 3.25. The zero-order valence-corrected chi connectivity index (χ0v) is 13.6. The van der Waals surface area contributed by atoms with Crippen LogP contribution in [0.1, 0.15) is 62.1 Å². The number of nitrogens with one attached hydrogen (secondary N) is 1. The van der Waals surface area contributed by atoms with E-state index in [2.05, 4.69) is 48.5 Å². The van der Waals surface area contributed by atoms with Gasteiger partial charge in [-0.1, -0.05) is 31.2 Å². The predicted molar refractivity (Wildman–Crippen MR) is 89.7 cm³/mol. The van der Waals surface area contributed by atoms with Crippen LogP contribution in [-0.2, 0) is 0 Å². The smallest absolute Gasteiger partial charge is 0.0388 e. The van der Waals surface area contributed by atoms with Crippen LogP contribution in [0.3, 0.4) is 0 Å². The van der Waals surface area contributed by atoms with Gasteiger partial charge in [0.05, 0.1) is 0 Å². The molecular weight excluding hydrogens is 256 g/mol. The van der Waals surface area contributed by atoms with Gasteiger partial charge in [0.25, 0.3) is 0 Å². The van der Waals surface area contributed by atoms with Gasteiger partial charge in [-0.25, -0.2) is 0 Å². The number of hydrogen-bond donors (Lipinski definition) is 1. The molecule has 1 heterocycles. The minimum Gasteiger partial charge on any atom is -0.316 e. The summed E-state index contributed by atoms with van der Waals surface area (Å²) in [6, 6.07) is 9.85. The van der Waals surface area contributed by atoms with E-state index in [-0.39, 0.29) is 0 Å². The second kappa shape index (κ2) is 6.93. The van der Waals surface area contributed by atoms with Gasteiger partial charge in [-0.3, -0.25) is 4.90 Å². The molecule has 1 N–H and O–H groups in total. The molecule has 2 aliphatic rings. The Labute approximate surface area is 129 Å². The number of benzene rings is 1. The van der Waals surface area contributed by atoms with E-state index in [0.29, 0.717) is 6.04 Å². The molecule has 0 bridgehead atoms. The Bertz CT molecular complexity index is 453. The summed E-state index contributed by atoms with van der Waals surface area (Å²) in [7, 11) is 2.32. The summed E-state index contributed by atoms with van der Waals surface area (Å²) >= 11 is 0. The molecule has 0 spiro atoms. The fraction of sp³-hybridized carbons (Fsp3) is 0.684. The van der Waals surface area contributed by atoms with Gasteiger partial charge in [0, 0.05) is 6.04 Å². The molecule has 0 aromatic heterocycles. The van der Waals surface area contributed by atoms with Crippen molar-refractivity contribution in [2.24, 2.45) is 5.92 Å². The van der Waals surface area contributed by atoms with E-state index in [1.54, 1.807) is 11.1 Å². The lowest BCUT2D eigenvalue weighted by molar-refractivity contribution is 0.119. The third kappa shape index (κ3) is 3.49. The Morgan fingerprint density at radius 2 is 1.90 bits per heavy atom.